The molecular formula is C20H20N2O3S. The summed E-state index contributed by atoms with van der Waals surface area (Å²) in [4.78, 5) is 24.6. The topological polar surface area (TPSA) is 79.2 Å². The van der Waals surface area contributed by atoms with E-state index >= 15 is 0 Å². The Morgan fingerprint density at radius 2 is 2.04 bits per heavy atom. The molecule has 26 heavy (non-hydrogen) atoms. The van der Waals surface area contributed by atoms with Crippen molar-refractivity contribution in [1.82, 2.24) is 0 Å². The van der Waals surface area contributed by atoms with Crippen molar-refractivity contribution in [2.24, 2.45) is 0 Å². The van der Waals surface area contributed by atoms with Crippen LogP contribution >= 0.6 is 11.3 Å². The molecule has 1 aromatic heterocycles. The number of anilines is 1. The zero-order valence-electron chi connectivity index (χ0n) is 14.6. The Hall–Kier alpha value is -2.65. The molecule has 5 nitrogen and oxygen atoms in total. The first-order valence-electron chi connectivity index (χ1n) is 8.69. The largest absolute Gasteiger partial charge is 0.462 e. The summed E-state index contributed by atoms with van der Waals surface area (Å²) in [6, 6.07) is 9.27. The predicted molar refractivity (Wildman–Crippen MR) is 100 cm³/mol. The van der Waals surface area contributed by atoms with Gasteiger partial charge in [-0.05, 0) is 60.7 Å². The predicted octanol–water partition coefficient (Wildman–Crippen LogP) is 4.25. The van der Waals surface area contributed by atoms with Gasteiger partial charge >= 0.3 is 5.97 Å². The van der Waals surface area contributed by atoms with Crippen LogP contribution in [0.3, 0.4) is 0 Å². The number of aryl methyl sites for hydroxylation is 1. The van der Waals surface area contributed by atoms with Crippen LogP contribution in [0.15, 0.2) is 29.6 Å². The molecule has 0 unspecified atom stereocenters. The van der Waals surface area contributed by atoms with E-state index in [1.165, 1.54) is 11.3 Å². The first kappa shape index (κ1) is 18.2. The maximum atomic E-state index is 12.3. The van der Waals surface area contributed by atoms with E-state index in [4.69, 9.17) is 10.00 Å². The van der Waals surface area contributed by atoms with Crippen LogP contribution in [0.2, 0.25) is 0 Å². The van der Waals surface area contributed by atoms with Crippen LogP contribution in [-0.4, -0.2) is 18.5 Å². The summed E-state index contributed by atoms with van der Waals surface area (Å²) in [7, 11) is 0. The Bertz CT molecular complexity index is 845. The van der Waals surface area contributed by atoms with E-state index in [0.29, 0.717) is 41.5 Å². The van der Waals surface area contributed by atoms with Crippen LogP contribution in [0, 0.1) is 11.3 Å². The monoisotopic (exact) mass is 368 g/mol. The van der Waals surface area contributed by atoms with Gasteiger partial charge in [-0.3, -0.25) is 4.79 Å². The van der Waals surface area contributed by atoms with Crippen molar-refractivity contribution in [3.8, 4) is 6.07 Å². The highest BCUT2D eigenvalue weighted by atomic mass is 32.1. The molecule has 2 aromatic rings. The molecule has 0 spiro atoms. The van der Waals surface area contributed by atoms with E-state index in [1.54, 1.807) is 19.1 Å². The normalized spacial score (nSPS) is 13.1. The zero-order chi connectivity index (χ0) is 18.5. The number of hydrogen-bond donors (Lipinski definition) is 1. The van der Waals surface area contributed by atoms with Gasteiger partial charge in [-0.25, -0.2) is 4.79 Å². The Labute approximate surface area is 156 Å². The number of nitrogens with one attached hydrogen (secondary N) is 1. The van der Waals surface area contributed by atoms with Crippen molar-refractivity contribution in [3.05, 3.63) is 51.9 Å². The SMILES string of the molecule is CCOC(=O)c1c(C2CC2)csc1NC(=O)CCc1ccc(C#N)cc1. The smallest absolute Gasteiger partial charge is 0.341 e. The molecule has 1 aliphatic carbocycles. The third kappa shape index (κ3) is 4.30. The Kier molecular flexibility index (Phi) is 5.69. The van der Waals surface area contributed by atoms with Gasteiger partial charge in [-0.15, -0.1) is 11.3 Å². The number of amides is 1. The van der Waals surface area contributed by atoms with Gasteiger partial charge in [-0.2, -0.15) is 5.26 Å². The molecule has 0 atom stereocenters. The molecule has 1 fully saturated rings. The number of benzene rings is 1. The number of carbonyl (C=O) groups excluding carboxylic acids is 2. The quantitative estimate of drug-likeness (QED) is 0.741. The van der Waals surface area contributed by atoms with Crippen LogP contribution in [0.1, 0.15) is 59.2 Å². The second-order valence-corrected chi connectivity index (χ2v) is 7.13. The molecule has 0 aliphatic heterocycles. The summed E-state index contributed by atoms with van der Waals surface area (Å²) in [5.41, 5.74) is 3.11. The van der Waals surface area contributed by atoms with Gasteiger partial charge in [-0.1, -0.05) is 12.1 Å². The minimum absolute atomic E-state index is 0.135. The molecule has 0 saturated heterocycles. The summed E-state index contributed by atoms with van der Waals surface area (Å²) in [5.74, 6) is -0.0860. The summed E-state index contributed by atoms with van der Waals surface area (Å²) in [6.07, 6.45) is 3.04. The first-order chi connectivity index (χ1) is 12.6. The minimum Gasteiger partial charge on any atom is -0.462 e. The number of thiophene rings is 1. The van der Waals surface area contributed by atoms with Crippen molar-refractivity contribution in [1.29, 1.82) is 5.26 Å². The highest BCUT2D eigenvalue weighted by Gasteiger charge is 2.32. The summed E-state index contributed by atoms with van der Waals surface area (Å²) >= 11 is 1.38. The van der Waals surface area contributed by atoms with Crippen molar-refractivity contribution < 1.29 is 14.3 Å². The van der Waals surface area contributed by atoms with Crippen LogP contribution in [-0.2, 0) is 16.0 Å². The van der Waals surface area contributed by atoms with Crippen LogP contribution in [0.25, 0.3) is 0 Å². The lowest BCUT2D eigenvalue weighted by atomic mass is 10.1. The molecule has 134 valence electrons. The lowest BCUT2D eigenvalue weighted by Crippen LogP contribution is -2.15. The number of hydrogen-bond acceptors (Lipinski definition) is 5. The molecular weight excluding hydrogens is 348 g/mol. The lowest BCUT2D eigenvalue weighted by molar-refractivity contribution is -0.116. The van der Waals surface area contributed by atoms with E-state index in [1.807, 2.05) is 17.5 Å². The average molecular weight is 368 g/mol. The third-order valence-corrected chi connectivity index (χ3v) is 5.21. The second kappa shape index (κ2) is 8.15. The molecule has 0 bridgehead atoms. The fourth-order valence-corrected chi connectivity index (χ4v) is 3.81. The fourth-order valence-electron chi connectivity index (χ4n) is 2.76. The third-order valence-electron chi connectivity index (χ3n) is 4.29. The Morgan fingerprint density at radius 1 is 1.31 bits per heavy atom. The number of carbonyl (C=O) groups is 2. The van der Waals surface area contributed by atoms with Crippen molar-refractivity contribution >= 4 is 28.2 Å². The van der Waals surface area contributed by atoms with E-state index < -0.39 is 0 Å². The lowest BCUT2D eigenvalue weighted by Gasteiger charge is -2.08. The molecule has 3 rings (SSSR count). The highest BCUT2D eigenvalue weighted by Crippen LogP contribution is 2.46. The van der Waals surface area contributed by atoms with Crippen LogP contribution in [0.5, 0.6) is 0 Å². The van der Waals surface area contributed by atoms with Gasteiger partial charge in [0.05, 0.1) is 23.8 Å². The maximum Gasteiger partial charge on any atom is 0.341 e. The van der Waals surface area contributed by atoms with Crippen LogP contribution in [0.4, 0.5) is 5.00 Å². The summed E-state index contributed by atoms with van der Waals surface area (Å²) < 4.78 is 5.17. The van der Waals surface area contributed by atoms with E-state index in [9.17, 15) is 9.59 Å². The first-order valence-corrected chi connectivity index (χ1v) is 9.57. The van der Waals surface area contributed by atoms with Gasteiger partial charge in [0.15, 0.2) is 0 Å². The number of rotatable bonds is 7. The van der Waals surface area contributed by atoms with Crippen molar-refractivity contribution in [2.45, 2.75) is 38.5 Å². The zero-order valence-corrected chi connectivity index (χ0v) is 15.4. The Balaban J connectivity index is 1.65. The molecule has 1 N–H and O–H groups in total. The molecule has 1 heterocycles. The molecule has 1 aromatic carbocycles. The standard InChI is InChI=1S/C20H20N2O3S/c1-2-25-20(24)18-16(15-8-9-15)12-26-19(18)22-17(23)10-7-13-3-5-14(11-21)6-4-13/h3-6,12,15H,2,7-10H2,1H3,(H,22,23). The molecule has 1 aliphatic rings. The van der Waals surface area contributed by atoms with Crippen molar-refractivity contribution in [2.75, 3.05) is 11.9 Å². The van der Waals surface area contributed by atoms with Crippen molar-refractivity contribution in [3.63, 3.8) is 0 Å². The van der Waals surface area contributed by atoms with Gasteiger partial charge in [0.2, 0.25) is 5.91 Å². The average Bonchev–Trinajstić information content (AvgIpc) is 3.41. The number of nitriles is 1. The molecule has 1 saturated carbocycles. The number of ether oxygens (including phenoxy) is 1. The van der Waals surface area contributed by atoms with Gasteiger partial charge in [0, 0.05) is 6.42 Å². The summed E-state index contributed by atoms with van der Waals surface area (Å²) in [6.45, 7) is 2.09. The molecule has 6 heteroatoms. The highest BCUT2D eigenvalue weighted by molar-refractivity contribution is 7.15. The number of esters is 1. The molecule has 1 amide bonds. The second-order valence-electron chi connectivity index (χ2n) is 6.25. The van der Waals surface area contributed by atoms with E-state index in [0.717, 1.165) is 24.0 Å². The number of nitrogens with zero attached hydrogens (tertiary/aromatic N) is 1. The van der Waals surface area contributed by atoms with Gasteiger partial charge in [0.1, 0.15) is 5.00 Å². The fraction of sp³-hybridized carbons (Fsp3) is 0.350. The molecule has 0 radical (unpaired) electrons. The minimum atomic E-state index is -0.363. The maximum absolute atomic E-state index is 12.3. The summed E-state index contributed by atoms with van der Waals surface area (Å²) in [5, 5.41) is 14.2. The van der Waals surface area contributed by atoms with E-state index in [-0.39, 0.29) is 11.9 Å². The van der Waals surface area contributed by atoms with Crippen LogP contribution < -0.4 is 5.32 Å². The van der Waals surface area contributed by atoms with E-state index in [2.05, 4.69) is 11.4 Å². The Morgan fingerprint density at radius 3 is 2.65 bits per heavy atom. The van der Waals surface area contributed by atoms with Gasteiger partial charge < -0.3 is 10.1 Å². The van der Waals surface area contributed by atoms with Gasteiger partial charge in [0.25, 0.3) is 0 Å².